The van der Waals surface area contributed by atoms with Crippen LogP contribution in [-0.2, 0) is 14.8 Å². The Morgan fingerprint density at radius 2 is 1.92 bits per heavy atom. The smallest absolute Gasteiger partial charge is 0.243 e. The Morgan fingerprint density at radius 1 is 1.15 bits per heavy atom. The van der Waals surface area contributed by atoms with Crippen molar-refractivity contribution in [1.82, 2.24) is 18.9 Å². The molecule has 0 aliphatic heterocycles. The first-order chi connectivity index (χ1) is 12.3. The maximum absolute atomic E-state index is 12.7. The molecule has 0 radical (unpaired) electrons. The van der Waals surface area contributed by atoms with Gasteiger partial charge >= 0.3 is 0 Å². The van der Waals surface area contributed by atoms with Gasteiger partial charge in [-0.1, -0.05) is 12.1 Å². The number of anilines is 1. The molecule has 0 aliphatic carbocycles. The molecule has 3 rings (SSSR count). The van der Waals surface area contributed by atoms with Crippen LogP contribution in [-0.4, -0.2) is 46.8 Å². The number of nitrogens with zero attached hydrogens (tertiary/aromatic N) is 4. The number of carbonyl (C=O) groups is 1. The molecule has 26 heavy (non-hydrogen) atoms. The summed E-state index contributed by atoms with van der Waals surface area (Å²) < 4.78 is 27.9. The number of nitrogens with one attached hydrogen (secondary N) is 1. The van der Waals surface area contributed by atoms with Crippen molar-refractivity contribution < 1.29 is 13.2 Å². The molecule has 3 aromatic rings. The highest BCUT2D eigenvalue weighted by Crippen LogP contribution is 2.18. The van der Waals surface area contributed by atoms with E-state index in [2.05, 4.69) is 15.5 Å². The monoisotopic (exact) mass is 373 g/mol. The van der Waals surface area contributed by atoms with Crippen molar-refractivity contribution >= 4 is 27.5 Å². The van der Waals surface area contributed by atoms with Gasteiger partial charge in [0.1, 0.15) is 0 Å². The number of aryl methyl sites for hydroxylation is 2. The summed E-state index contributed by atoms with van der Waals surface area (Å²) in [7, 11) is -2.40. The standard InChI is InChI=1S/C17H19N5O3S/c1-12-7-8-14(10-13(12)2)26(24,25)21(3)11-16(23)18-17-20-19-15-6-4-5-9-22(15)17/h4-10H,11H2,1-3H3,(H,18,20,23). The Balaban J connectivity index is 1.75. The second kappa shape index (κ2) is 6.85. The van der Waals surface area contributed by atoms with E-state index in [0.29, 0.717) is 5.65 Å². The molecule has 2 aromatic heterocycles. The van der Waals surface area contributed by atoms with Crippen molar-refractivity contribution in [3.63, 3.8) is 0 Å². The third-order valence-corrected chi connectivity index (χ3v) is 5.92. The lowest BCUT2D eigenvalue weighted by molar-refractivity contribution is -0.116. The molecule has 0 saturated carbocycles. The number of likely N-dealkylation sites (N-methyl/N-ethyl adjacent to an activating group) is 1. The second-order valence-corrected chi connectivity index (χ2v) is 8.05. The van der Waals surface area contributed by atoms with E-state index in [9.17, 15) is 13.2 Å². The number of rotatable bonds is 5. The lowest BCUT2D eigenvalue weighted by atomic mass is 10.1. The van der Waals surface area contributed by atoms with Crippen LogP contribution in [0, 0.1) is 13.8 Å². The van der Waals surface area contributed by atoms with Crippen LogP contribution in [0.15, 0.2) is 47.5 Å². The third kappa shape index (κ3) is 3.44. The first kappa shape index (κ1) is 18.0. The van der Waals surface area contributed by atoms with Crippen LogP contribution in [0.2, 0.25) is 0 Å². The van der Waals surface area contributed by atoms with Crippen LogP contribution < -0.4 is 5.32 Å². The molecular formula is C17H19N5O3S. The van der Waals surface area contributed by atoms with Crippen molar-refractivity contribution in [2.24, 2.45) is 0 Å². The molecule has 9 heteroatoms. The number of aromatic nitrogens is 3. The fourth-order valence-electron chi connectivity index (χ4n) is 2.43. The fourth-order valence-corrected chi connectivity index (χ4v) is 3.65. The number of hydrogen-bond donors (Lipinski definition) is 1. The van der Waals surface area contributed by atoms with Crippen molar-refractivity contribution in [3.05, 3.63) is 53.7 Å². The largest absolute Gasteiger partial charge is 0.293 e. The van der Waals surface area contributed by atoms with E-state index >= 15 is 0 Å². The SMILES string of the molecule is Cc1ccc(S(=O)(=O)N(C)CC(=O)Nc2nnc3ccccn23)cc1C. The van der Waals surface area contributed by atoms with Gasteiger partial charge in [-0.2, -0.15) is 4.31 Å². The van der Waals surface area contributed by atoms with Crippen LogP contribution in [0.4, 0.5) is 5.95 Å². The highest BCUT2D eigenvalue weighted by atomic mass is 32.2. The molecule has 1 N–H and O–H groups in total. The molecule has 0 atom stereocenters. The Labute approximate surface area is 151 Å². The number of amides is 1. The van der Waals surface area contributed by atoms with Gasteiger partial charge in [-0.25, -0.2) is 8.42 Å². The molecule has 136 valence electrons. The zero-order valence-electron chi connectivity index (χ0n) is 14.7. The number of hydrogen-bond acceptors (Lipinski definition) is 5. The second-order valence-electron chi connectivity index (χ2n) is 6.01. The first-order valence-corrected chi connectivity index (χ1v) is 9.36. The molecule has 0 fully saturated rings. The van der Waals surface area contributed by atoms with Crippen molar-refractivity contribution in [1.29, 1.82) is 0 Å². The van der Waals surface area contributed by atoms with Crippen molar-refractivity contribution in [2.75, 3.05) is 18.9 Å². The molecule has 8 nitrogen and oxygen atoms in total. The summed E-state index contributed by atoms with van der Waals surface area (Å²) in [5, 5.41) is 10.4. The predicted octanol–water partition coefficient (Wildman–Crippen LogP) is 1.61. The van der Waals surface area contributed by atoms with Gasteiger partial charge in [-0.15, -0.1) is 10.2 Å². The van der Waals surface area contributed by atoms with E-state index in [1.54, 1.807) is 40.9 Å². The van der Waals surface area contributed by atoms with Gasteiger partial charge in [0.15, 0.2) is 5.65 Å². The van der Waals surface area contributed by atoms with E-state index < -0.39 is 15.9 Å². The minimum Gasteiger partial charge on any atom is -0.293 e. The van der Waals surface area contributed by atoms with Gasteiger partial charge in [0.25, 0.3) is 0 Å². The zero-order valence-corrected chi connectivity index (χ0v) is 15.5. The molecule has 1 amide bonds. The predicted molar refractivity (Wildman–Crippen MR) is 97.3 cm³/mol. The molecule has 0 aliphatic rings. The van der Waals surface area contributed by atoms with Crippen molar-refractivity contribution in [2.45, 2.75) is 18.7 Å². The maximum atomic E-state index is 12.7. The number of carbonyl (C=O) groups excluding carboxylic acids is 1. The molecular weight excluding hydrogens is 354 g/mol. The van der Waals surface area contributed by atoms with Crippen LogP contribution in [0.3, 0.4) is 0 Å². The van der Waals surface area contributed by atoms with Crippen molar-refractivity contribution in [3.8, 4) is 0 Å². The average Bonchev–Trinajstić information content (AvgIpc) is 3.00. The van der Waals surface area contributed by atoms with Gasteiger partial charge in [0.2, 0.25) is 21.9 Å². The van der Waals surface area contributed by atoms with E-state index in [4.69, 9.17) is 0 Å². The summed E-state index contributed by atoms with van der Waals surface area (Å²) in [4.78, 5) is 12.4. The lowest BCUT2D eigenvalue weighted by Crippen LogP contribution is -2.35. The van der Waals surface area contributed by atoms with E-state index in [1.165, 1.54) is 13.1 Å². The molecule has 0 bridgehead atoms. The summed E-state index contributed by atoms with van der Waals surface area (Å²) in [5.41, 5.74) is 2.46. The van der Waals surface area contributed by atoms with E-state index in [0.717, 1.165) is 15.4 Å². The number of sulfonamides is 1. The van der Waals surface area contributed by atoms with Crippen LogP contribution >= 0.6 is 0 Å². The minimum absolute atomic E-state index is 0.156. The topological polar surface area (TPSA) is 96.7 Å². The maximum Gasteiger partial charge on any atom is 0.243 e. The summed E-state index contributed by atoms with van der Waals surface area (Å²) in [6, 6.07) is 10.2. The Bertz CT molecular complexity index is 1070. The molecule has 2 heterocycles. The quantitative estimate of drug-likeness (QED) is 0.733. The Hall–Kier alpha value is -2.78. The Kier molecular flexibility index (Phi) is 4.75. The Morgan fingerprint density at radius 3 is 2.65 bits per heavy atom. The van der Waals surface area contributed by atoms with Gasteiger partial charge in [-0.3, -0.25) is 14.5 Å². The van der Waals surface area contributed by atoms with Gasteiger partial charge in [0.05, 0.1) is 11.4 Å². The van der Waals surface area contributed by atoms with Gasteiger partial charge in [0, 0.05) is 13.2 Å². The molecule has 0 unspecified atom stereocenters. The first-order valence-electron chi connectivity index (χ1n) is 7.92. The lowest BCUT2D eigenvalue weighted by Gasteiger charge is -2.17. The number of pyridine rings is 1. The summed E-state index contributed by atoms with van der Waals surface area (Å²) in [6.07, 6.45) is 1.71. The van der Waals surface area contributed by atoms with E-state index in [1.807, 2.05) is 13.8 Å². The fraction of sp³-hybridized carbons (Fsp3) is 0.235. The van der Waals surface area contributed by atoms with Crippen LogP contribution in [0.1, 0.15) is 11.1 Å². The minimum atomic E-state index is -3.77. The molecule has 1 aromatic carbocycles. The average molecular weight is 373 g/mol. The number of benzene rings is 1. The summed E-state index contributed by atoms with van der Waals surface area (Å²) in [5.74, 6) is -0.263. The highest BCUT2D eigenvalue weighted by molar-refractivity contribution is 7.89. The normalized spacial score (nSPS) is 11.8. The third-order valence-electron chi connectivity index (χ3n) is 4.12. The molecule has 0 saturated heterocycles. The summed E-state index contributed by atoms with van der Waals surface area (Å²) >= 11 is 0. The van der Waals surface area contributed by atoms with Gasteiger partial charge < -0.3 is 0 Å². The molecule has 0 spiro atoms. The number of fused-ring (bicyclic) bond motifs is 1. The van der Waals surface area contributed by atoms with E-state index in [-0.39, 0.29) is 17.4 Å². The highest BCUT2D eigenvalue weighted by Gasteiger charge is 2.24. The van der Waals surface area contributed by atoms with Crippen LogP contribution in [0.25, 0.3) is 5.65 Å². The summed E-state index contributed by atoms with van der Waals surface area (Å²) in [6.45, 7) is 3.42. The zero-order chi connectivity index (χ0) is 18.9. The van der Waals surface area contributed by atoms with Gasteiger partial charge in [-0.05, 0) is 49.2 Å². The van der Waals surface area contributed by atoms with Crippen LogP contribution in [0.5, 0.6) is 0 Å².